The second-order valence-electron chi connectivity index (χ2n) is 3.89. The highest BCUT2D eigenvalue weighted by molar-refractivity contribution is 6.31. The van der Waals surface area contributed by atoms with Crippen LogP contribution in [0.4, 0.5) is 8.78 Å². The largest absolute Gasteiger partial charge is 0.309 e. The van der Waals surface area contributed by atoms with Crippen LogP contribution in [0, 0.1) is 0 Å². The fourth-order valence-corrected chi connectivity index (χ4v) is 2.13. The Hall–Kier alpha value is -0.680. The molecule has 6 heteroatoms. The average Bonchev–Trinajstić information content (AvgIpc) is 2.55. The van der Waals surface area contributed by atoms with E-state index in [1.807, 2.05) is 6.92 Å². The SMILES string of the molecule is CCNC(Cc1c(Cl)c(CC)nn1C)C(F)F. The summed E-state index contributed by atoms with van der Waals surface area (Å²) in [6.45, 7) is 4.25. The van der Waals surface area contributed by atoms with Crippen LogP contribution in [0.1, 0.15) is 25.2 Å². The first-order valence-electron chi connectivity index (χ1n) is 5.72. The van der Waals surface area contributed by atoms with E-state index in [1.54, 1.807) is 18.7 Å². The molecule has 0 bridgehead atoms. The molecule has 0 radical (unpaired) electrons. The third-order valence-electron chi connectivity index (χ3n) is 2.69. The number of aromatic nitrogens is 2. The Morgan fingerprint density at radius 1 is 1.41 bits per heavy atom. The molecule has 1 heterocycles. The zero-order valence-electron chi connectivity index (χ0n) is 10.3. The molecule has 0 aliphatic carbocycles. The van der Waals surface area contributed by atoms with Crippen LogP contribution in [0.15, 0.2) is 0 Å². The minimum absolute atomic E-state index is 0.188. The maximum Gasteiger partial charge on any atom is 0.254 e. The lowest BCUT2D eigenvalue weighted by molar-refractivity contribution is 0.0982. The van der Waals surface area contributed by atoms with E-state index in [-0.39, 0.29) is 6.42 Å². The summed E-state index contributed by atoms with van der Waals surface area (Å²) in [5.74, 6) is 0. The number of hydrogen-bond donors (Lipinski definition) is 1. The van der Waals surface area contributed by atoms with Gasteiger partial charge in [0.25, 0.3) is 6.43 Å². The summed E-state index contributed by atoms with van der Waals surface area (Å²) >= 11 is 6.12. The minimum atomic E-state index is -2.41. The molecule has 0 aliphatic rings. The molecule has 1 N–H and O–H groups in total. The van der Waals surface area contributed by atoms with Crippen molar-refractivity contribution >= 4 is 11.6 Å². The standard InChI is InChI=1S/C11H18ClF2N3/c1-4-7-10(12)9(17(3)16-7)6-8(11(13)14)15-5-2/h8,11,15H,4-6H2,1-3H3. The van der Waals surface area contributed by atoms with Crippen LogP contribution < -0.4 is 5.32 Å². The lowest BCUT2D eigenvalue weighted by Crippen LogP contribution is -2.37. The van der Waals surface area contributed by atoms with Crippen LogP contribution in [0.25, 0.3) is 0 Å². The first-order valence-corrected chi connectivity index (χ1v) is 6.10. The lowest BCUT2D eigenvalue weighted by atomic mass is 10.1. The number of nitrogens with one attached hydrogen (secondary N) is 1. The molecule has 0 aliphatic heterocycles. The zero-order valence-corrected chi connectivity index (χ0v) is 11.1. The Balaban J connectivity index is 2.88. The Bertz CT molecular complexity index is 366. The predicted octanol–water partition coefficient (Wildman–Crippen LogP) is 2.42. The lowest BCUT2D eigenvalue weighted by Gasteiger charge is -2.17. The minimum Gasteiger partial charge on any atom is -0.309 e. The summed E-state index contributed by atoms with van der Waals surface area (Å²) in [5, 5.41) is 7.49. The van der Waals surface area contributed by atoms with Crippen molar-refractivity contribution in [1.29, 1.82) is 0 Å². The molecule has 0 aromatic carbocycles. The Kier molecular flexibility index (Phi) is 5.33. The van der Waals surface area contributed by atoms with Crippen LogP contribution in [0.2, 0.25) is 5.02 Å². The van der Waals surface area contributed by atoms with Gasteiger partial charge >= 0.3 is 0 Å². The molecule has 1 atom stereocenters. The van der Waals surface area contributed by atoms with Gasteiger partial charge in [-0.05, 0) is 13.0 Å². The van der Waals surface area contributed by atoms with Gasteiger partial charge in [-0.1, -0.05) is 25.4 Å². The first kappa shape index (κ1) is 14.4. The first-order chi connectivity index (χ1) is 8.01. The maximum atomic E-state index is 12.8. The number of alkyl halides is 2. The summed E-state index contributed by atoms with van der Waals surface area (Å²) in [4.78, 5) is 0. The number of aryl methyl sites for hydroxylation is 2. The van der Waals surface area contributed by atoms with E-state index in [2.05, 4.69) is 10.4 Å². The summed E-state index contributed by atoms with van der Waals surface area (Å²) in [5.41, 5.74) is 1.42. The van der Waals surface area contributed by atoms with Crippen molar-refractivity contribution in [3.05, 3.63) is 16.4 Å². The summed E-state index contributed by atoms with van der Waals surface area (Å²) in [7, 11) is 1.73. The molecule has 0 fully saturated rings. The van der Waals surface area contributed by atoms with E-state index < -0.39 is 12.5 Å². The van der Waals surface area contributed by atoms with Gasteiger partial charge in [0.05, 0.1) is 22.5 Å². The van der Waals surface area contributed by atoms with Gasteiger partial charge in [0.2, 0.25) is 0 Å². The van der Waals surface area contributed by atoms with Crippen molar-refractivity contribution in [3.63, 3.8) is 0 Å². The summed E-state index contributed by atoms with van der Waals surface area (Å²) < 4.78 is 27.2. The number of nitrogens with zero attached hydrogens (tertiary/aromatic N) is 2. The quantitative estimate of drug-likeness (QED) is 0.856. The van der Waals surface area contributed by atoms with E-state index in [0.717, 1.165) is 5.69 Å². The Labute approximate surface area is 105 Å². The van der Waals surface area contributed by atoms with E-state index in [9.17, 15) is 8.78 Å². The fourth-order valence-electron chi connectivity index (χ4n) is 1.76. The summed E-state index contributed by atoms with van der Waals surface area (Å²) in [6, 6.07) is -0.877. The maximum absolute atomic E-state index is 12.8. The van der Waals surface area contributed by atoms with Gasteiger partial charge in [-0.25, -0.2) is 8.78 Å². The van der Waals surface area contributed by atoms with E-state index in [4.69, 9.17) is 11.6 Å². The zero-order chi connectivity index (χ0) is 13.0. The fraction of sp³-hybridized carbons (Fsp3) is 0.727. The van der Waals surface area contributed by atoms with Gasteiger partial charge in [0.1, 0.15) is 0 Å². The predicted molar refractivity (Wildman–Crippen MR) is 64.8 cm³/mol. The van der Waals surface area contributed by atoms with Crippen molar-refractivity contribution in [1.82, 2.24) is 15.1 Å². The van der Waals surface area contributed by atoms with Crippen molar-refractivity contribution in [2.24, 2.45) is 7.05 Å². The van der Waals surface area contributed by atoms with Gasteiger partial charge in [-0.15, -0.1) is 0 Å². The van der Waals surface area contributed by atoms with Crippen molar-refractivity contribution in [3.8, 4) is 0 Å². The average molecular weight is 266 g/mol. The van der Waals surface area contributed by atoms with Gasteiger partial charge in [0, 0.05) is 13.5 Å². The molecular formula is C11H18ClF2N3. The number of hydrogen-bond acceptors (Lipinski definition) is 2. The van der Waals surface area contributed by atoms with Crippen LogP contribution >= 0.6 is 11.6 Å². The molecule has 3 nitrogen and oxygen atoms in total. The third-order valence-corrected chi connectivity index (χ3v) is 3.12. The van der Waals surface area contributed by atoms with Crippen molar-refractivity contribution < 1.29 is 8.78 Å². The van der Waals surface area contributed by atoms with Crippen LogP contribution in [-0.4, -0.2) is 28.8 Å². The van der Waals surface area contributed by atoms with Gasteiger partial charge < -0.3 is 5.32 Å². The third kappa shape index (κ3) is 3.39. The number of rotatable bonds is 6. The van der Waals surface area contributed by atoms with E-state index in [1.165, 1.54) is 0 Å². The highest BCUT2D eigenvalue weighted by atomic mass is 35.5. The molecule has 1 aromatic rings. The molecule has 1 unspecified atom stereocenters. The highest BCUT2D eigenvalue weighted by Gasteiger charge is 2.23. The number of halogens is 3. The van der Waals surface area contributed by atoms with Gasteiger partial charge in [-0.3, -0.25) is 4.68 Å². The van der Waals surface area contributed by atoms with Gasteiger partial charge in [0.15, 0.2) is 0 Å². The van der Waals surface area contributed by atoms with Crippen molar-refractivity contribution in [2.75, 3.05) is 6.54 Å². The summed E-state index contributed by atoms with van der Waals surface area (Å²) in [6.07, 6.45) is -1.52. The normalized spacial score (nSPS) is 13.4. The second kappa shape index (κ2) is 6.31. The Morgan fingerprint density at radius 3 is 2.47 bits per heavy atom. The number of likely N-dealkylation sites (N-methyl/N-ethyl adjacent to an activating group) is 1. The molecule has 0 amide bonds. The molecular weight excluding hydrogens is 248 g/mol. The molecule has 0 saturated carbocycles. The molecule has 17 heavy (non-hydrogen) atoms. The Morgan fingerprint density at radius 2 is 2.06 bits per heavy atom. The molecule has 0 spiro atoms. The van der Waals surface area contributed by atoms with Crippen LogP contribution in [0.3, 0.4) is 0 Å². The highest BCUT2D eigenvalue weighted by Crippen LogP contribution is 2.23. The van der Waals surface area contributed by atoms with E-state index in [0.29, 0.717) is 23.7 Å². The van der Waals surface area contributed by atoms with E-state index >= 15 is 0 Å². The smallest absolute Gasteiger partial charge is 0.254 e. The van der Waals surface area contributed by atoms with Gasteiger partial charge in [-0.2, -0.15) is 5.10 Å². The molecule has 0 saturated heterocycles. The second-order valence-corrected chi connectivity index (χ2v) is 4.27. The van der Waals surface area contributed by atoms with Crippen LogP contribution in [0.5, 0.6) is 0 Å². The monoisotopic (exact) mass is 265 g/mol. The molecule has 1 rings (SSSR count). The molecule has 1 aromatic heterocycles. The van der Waals surface area contributed by atoms with Crippen LogP contribution in [-0.2, 0) is 19.9 Å². The van der Waals surface area contributed by atoms with Crippen molar-refractivity contribution in [2.45, 2.75) is 39.2 Å². The molecule has 98 valence electrons. The topological polar surface area (TPSA) is 29.9 Å².